The summed E-state index contributed by atoms with van der Waals surface area (Å²) in [7, 11) is 1.94. The van der Waals surface area contributed by atoms with Crippen LogP contribution >= 0.6 is 11.8 Å². The number of carbonyl (C=O) groups excluding carboxylic acids is 1. The maximum atomic E-state index is 12.5. The lowest BCUT2D eigenvalue weighted by atomic mass is 10.1. The van der Waals surface area contributed by atoms with E-state index in [2.05, 4.69) is 16.4 Å². The molecule has 0 bridgehead atoms. The van der Waals surface area contributed by atoms with Crippen LogP contribution in [-0.2, 0) is 11.2 Å². The molecule has 6 heteroatoms. The summed E-state index contributed by atoms with van der Waals surface area (Å²) < 4.78 is 5.34. The highest BCUT2D eigenvalue weighted by molar-refractivity contribution is 7.99. The molecule has 2 aliphatic rings. The highest BCUT2D eigenvalue weighted by Crippen LogP contribution is 2.33. The van der Waals surface area contributed by atoms with Gasteiger partial charge in [-0.25, -0.2) is 0 Å². The summed E-state index contributed by atoms with van der Waals surface area (Å²) in [5.41, 5.74) is 0. The van der Waals surface area contributed by atoms with Gasteiger partial charge < -0.3 is 9.42 Å². The van der Waals surface area contributed by atoms with Crippen molar-refractivity contribution in [2.24, 2.45) is 0 Å². The second-order valence-corrected chi connectivity index (χ2v) is 7.88. The maximum absolute atomic E-state index is 12.5. The van der Waals surface area contributed by atoms with Crippen LogP contribution in [0.4, 0.5) is 0 Å². The van der Waals surface area contributed by atoms with Gasteiger partial charge in [0.2, 0.25) is 11.8 Å². The molecule has 0 N–H and O–H groups in total. The number of thioether (sulfide) groups is 1. The third kappa shape index (κ3) is 3.90. The van der Waals surface area contributed by atoms with Crippen LogP contribution in [0.25, 0.3) is 0 Å². The summed E-state index contributed by atoms with van der Waals surface area (Å²) in [6.45, 7) is 0. The zero-order valence-electron chi connectivity index (χ0n) is 14.2. The lowest BCUT2D eigenvalue weighted by molar-refractivity contribution is -0.131. The van der Waals surface area contributed by atoms with Gasteiger partial charge in [-0.05, 0) is 31.9 Å². The average molecular weight is 337 g/mol. The molecule has 2 aliphatic carbocycles. The van der Waals surface area contributed by atoms with Crippen LogP contribution in [-0.4, -0.2) is 45.5 Å². The zero-order valence-corrected chi connectivity index (χ0v) is 15.0. The van der Waals surface area contributed by atoms with E-state index in [1.165, 1.54) is 38.5 Å². The Bertz CT molecular complexity index is 528. The summed E-state index contributed by atoms with van der Waals surface area (Å²) in [5.74, 6) is 2.11. The number of carbonyl (C=O) groups is 1. The Morgan fingerprint density at radius 2 is 2.04 bits per heavy atom. The molecule has 23 heavy (non-hydrogen) atoms. The van der Waals surface area contributed by atoms with E-state index in [0.717, 1.165) is 12.2 Å². The third-order valence-electron chi connectivity index (χ3n) is 5.37. The van der Waals surface area contributed by atoms with Crippen molar-refractivity contribution in [3.8, 4) is 0 Å². The Morgan fingerprint density at radius 3 is 2.78 bits per heavy atom. The largest absolute Gasteiger partial charge is 0.342 e. The van der Waals surface area contributed by atoms with Gasteiger partial charge >= 0.3 is 0 Å². The fraction of sp³-hybridized carbons (Fsp3) is 0.824. The molecule has 0 saturated heterocycles. The van der Waals surface area contributed by atoms with Crippen molar-refractivity contribution in [3.63, 3.8) is 0 Å². The number of aryl methyl sites for hydroxylation is 1. The lowest BCUT2D eigenvalue weighted by Crippen LogP contribution is -2.40. The summed E-state index contributed by atoms with van der Waals surface area (Å²) in [4.78, 5) is 18.9. The van der Waals surface area contributed by atoms with Crippen LogP contribution < -0.4 is 0 Å². The number of rotatable bonds is 6. The first kappa shape index (κ1) is 16.8. The molecule has 1 amide bonds. The van der Waals surface area contributed by atoms with Crippen LogP contribution in [0.3, 0.4) is 0 Å². The standard InChI is InChI=1S/C17H27N3O2S/c1-20(13-8-5-9-14(13)23-2)16(21)11-10-15-18-17(19-22-15)12-6-3-4-7-12/h12-14H,3-11H2,1-2H3/t13-,14+/m0/s1. The topological polar surface area (TPSA) is 59.2 Å². The molecule has 2 fully saturated rings. The minimum atomic E-state index is 0.191. The van der Waals surface area contributed by atoms with Crippen LogP contribution in [0.15, 0.2) is 4.52 Å². The van der Waals surface area contributed by atoms with Gasteiger partial charge in [0.05, 0.1) is 0 Å². The van der Waals surface area contributed by atoms with Crippen molar-refractivity contribution in [2.75, 3.05) is 13.3 Å². The van der Waals surface area contributed by atoms with Gasteiger partial charge in [-0.3, -0.25) is 4.79 Å². The molecular weight excluding hydrogens is 310 g/mol. The predicted octanol–water partition coefficient (Wildman–Crippen LogP) is 3.40. The predicted molar refractivity (Wildman–Crippen MR) is 91.5 cm³/mol. The van der Waals surface area contributed by atoms with Gasteiger partial charge in [0.15, 0.2) is 5.82 Å². The first-order chi connectivity index (χ1) is 11.2. The Morgan fingerprint density at radius 1 is 1.26 bits per heavy atom. The van der Waals surface area contributed by atoms with E-state index in [1.54, 1.807) is 0 Å². The number of amides is 1. The van der Waals surface area contributed by atoms with Gasteiger partial charge in [-0.1, -0.05) is 24.4 Å². The highest BCUT2D eigenvalue weighted by Gasteiger charge is 2.32. The van der Waals surface area contributed by atoms with E-state index in [4.69, 9.17) is 4.52 Å². The molecular formula is C17H27N3O2S. The molecule has 1 aromatic rings. The molecule has 5 nitrogen and oxygen atoms in total. The first-order valence-corrected chi connectivity index (χ1v) is 10.1. The molecule has 1 aromatic heterocycles. The second-order valence-electron chi connectivity index (χ2n) is 6.80. The smallest absolute Gasteiger partial charge is 0.227 e. The van der Waals surface area contributed by atoms with E-state index in [1.807, 2.05) is 23.7 Å². The summed E-state index contributed by atoms with van der Waals surface area (Å²) >= 11 is 1.88. The van der Waals surface area contributed by atoms with Crippen molar-refractivity contribution in [3.05, 3.63) is 11.7 Å². The van der Waals surface area contributed by atoms with Crippen LogP contribution in [0.2, 0.25) is 0 Å². The van der Waals surface area contributed by atoms with Crippen LogP contribution in [0.5, 0.6) is 0 Å². The van der Waals surface area contributed by atoms with E-state index >= 15 is 0 Å². The van der Waals surface area contributed by atoms with Crippen molar-refractivity contribution in [2.45, 2.75) is 75.0 Å². The van der Waals surface area contributed by atoms with Crippen LogP contribution in [0.1, 0.15) is 69.0 Å². The van der Waals surface area contributed by atoms with Gasteiger partial charge in [0, 0.05) is 37.1 Å². The molecule has 128 valence electrons. The van der Waals surface area contributed by atoms with E-state index in [0.29, 0.717) is 35.9 Å². The normalized spacial score (nSPS) is 25.1. The molecule has 3 rings (SSSR count). The van der Waals surface area contributed by atoms with E-state index < -0.39 is 0 Å². The molecule has 2 atom stereocenters. The van der Waals surface area contributed by atoms with Gasteiger partial charge in [0.25, 0.3) is 0 Å². The second kappa shape index (κ2) is 7.69. The molecule has 0 aromatic carbocycles. The average Bonchev–Trinajstić information content (AvgIpc) is 3.32. The van der Waals surface area contributed by atoms with Crippen molar-refractivity contribution < 1.29 is 9.32 Å². The number of nitrogens with zero attached hydrogens (tertiary/aromatic N) is 3. The van der Waals surface area contributed by atoms with E-state index in [9.17, 15) is 4.79 Å². The third-order valence-corrected chi connectivity index (χ3v) is 6.52. The van der Waals surface area contributed by atoms with Crippen molar-refractivity contribution in [1.82, 2.24) is 15.0 Å². The van der Waals surface area contributed by atoms with Crippen LogP contribution in [0, 0.1) is 0 Å². The number of aromatic nitrogens is 2. The fourth-order valence-electron chi connectivity index (χ4n) is 3.92. The first-order valence-electron chi connectivity index (χ1n) is 8.80. The Kier molecular flexibility index (Phi) is 5.62. The molecule has 2 saturated carbocycles. The lowest BCUT2D eigenvalue weighted by Gasteiger charge is -2.28. The summed E-state index contributed by atoms with van der Waals surface area (Å²) in [6, 6.07) is 0.384. The number of hydrogen-bond acceptors (Lipinski definition) is 5. The quantitative estimate of drug-likeness (QED) is 0.796. The minimum Gasteiger partial charge on any atom is -0.342 e. The minimum absolute atomic E-state index is 0.191. The van der Waals surface area contributed by atoms with Gasteiger partial charge in [0.1, 0.15) is 0 Å². The number of hydrogen-bond donors (Lipinski definition) is 0. The summed E-state index contributed by atoms with van der Waals surface area (Å²) in [6.07, 6.45) is 11.6. The van der Waals surface area contributed by atoms with Gasteiger partial charge in [-0.15, -0.1) is 0 Å². The maximum Gasteiger partial charge on any atom is 0.227 e. The summed E-state index contributed by atoms with van der Waals surface area (Å²) in [5, 5.41) is 4.69. The molecule has 0 radical (unpaired) electrons. The molecule has 0 unspecified atom stereocenters. The van der Waals surface area contributed by atoms with Crippen molar-refractivity contribution >= 4 is 17.7 Å². The SMILES string of the molecule is CS[C@@H]1CCC[C@@H]1N(C)C(=O)CCc1nc(C2CCCC2)no1. The van der Waals surface area contributed by atoms with E-state index in [-0.39, 0.29) is 5.91 Å². The van der Waals surface area contributed by atoms with Gasteiger partial charge in [-0.2, -0.15) is 16.7 Å². The monoisotopic (exact) mass is 337 g/mol. The molecule has 1 heterocycles. The van der Waals surface area contributed by atoms with Crippen molar-refractivity contribution in [1.29, 1.82) is 0 Å². The highest BCUT2D eigenvalue weighted by atomic mass is 32.2. The zero-order chi connectivity index (χ0) is 16.2. The Balaban J connectivity index is 1.50. The molecule has 0 aliphatic heterocycles. The Hall–Kier alpha value is -1.04. The fourth-order valence-corrected chi connectivity index (χ4v) is 4.95. The molecule has 0 spiro atoms. The Labute approximate surface area is 142 Å².